The Kier molecular flexibility index (Phi) is 4.50. The minimum atomic E-state index is -2.86. The van der Waals surface area contributed by atoms with Crippen LogP contribution >= 0.6 is 0 Å². The van der Waals surface area contributed by atoms with Crippen LogP contribution in [0.1, 0.15) is 29.7 Å². The fourth-order valence-corrected chi connectivity index (χ4v) is 2.12. The maximum Gasteiger partial charge on any atom is 0.285 e. The number of alkyl halides is 2. The molecule has 0 amide bonds. The average Bonchev–Trinajstić information content (AvgIpc) is 2.46. The second-order valence-electron chi connectivity index (χ2n) is 5.09. The topological polar surface area (TPSA) is 12.0 Å². The van der Waals surface area contributed by atoms with Crippen LogP contribution in [0.5, 0.6) is 0 Å². The second-order valence-corrected chi connectivity index (χ2v) is 5.09. The van der Waals surface area contributed by atoms with Crippen LogP contribution < -0.4 is 5.32 Å². The highest BCUT2D eigenvalue weighted by atomic mass is 19.3. The fourth-order valence-electron chi connectivity index (χ4n) is 2.12. The molecule has 2 rings (SSSR count). The van der Waals surface area contributed by atoms with Crippen molar-refractivity contribution >= 4 is 0 Å². The normalized spacial score (nSPS) is 13.2. The van der Waals surface area contributed by atoms with Gasteiger partial charge in [-0.2, -0.15) is 8.78 Å². The number of nitrogens with one attached hydrogen (secondary N) is 1. The molecule has 0 spiro atoms. The summed E-state index contributed by atoms with van der Waals surface area (Å²) in [5.41, 5.74) is 2.20. The van der Waals surface area contributed by atoms with Crippen molar-refractivity contribution in [2.75, 3.05) is 6.54 Å². The lowest BCUT2D eigenvalue weighted by Crippen LogP contribution is -2.32. The van der Waals surface area contributed by atoms with Gasteiger partial charge in [-0.3, -0.25) is 0 Å². The molecule has 0 saturated heterocycles. The van der Waals surface area contributed by atoms with Gasteiger partial charge < -0.3 is 5.32 Å². The molecule has 2 aromatic rings. The van der Waals surface area contributed by atoms with Gasteiger partial charge in [0, 0.05) is 11.6 Å². The summed E-state index contributed by atoms with van der Waals surface area (Å²) in [4.78, 5) is 0. The summed E-state index contributed by atoms with van der Waals surface area (Å²) in [5, 5.41) is 2.91. The first kappa shape index (κ1) is 14.7. The molecule has 0 aromatic heterocycles. The van der Waals surface area contributed by atoms with Crippen LogP contribution in [-0.2, 0) is 5.92 Å². The molecule has 1 nitrogen and oxygen atoms in total. The van der Waals surface area contributed by atoms with E-state index in [4.69, 9.17) is 0 Å². The van der Waals surface area contributed by atoms with Gasteiger partial charge in [0.05, 0.1) is 6.54 Å². The van der Waals surface area contributed by atoms with Crippen LogP contribution in [0.15, 0.2) is 54.6 Å². The molecule has 0 heterocycles. The van der Waals surface area contributed by atoms with Gasteiger partial charge in [-0.15, -0.1) is 0 Å². The molecule has 0 saturated carbocycles. The zero-order valence-corrected chi connectivity index (χ0v) is 11.7. The first-order valence-corrected chi connectivity index (χ1v) is 6.72. The van der Waals surface area contributed by atoms with E-state index in [0.29, 0.717) is 0 Å². The molecule has 3 heteroatoms. The van der Waals surface area contributed by atoms with Crippen molar-refractivity contribution in [2.45, 2.75) is 25.8 Å². The molecular weight excluding hydrogens is 256 g/mol. The van der Waals surface area contributed by atoms with Crippen molar-refractivity contribution in [1.82, 2.24) is 5.32 Å². The van der Waals surface area contributed by atoms with E-state index < -0.39 is 5.92 Å². The molecule has 0 aliphatic heterocycles. The predicted molar refractivity (Wildman–Crippen MR) is 77.9 cm³/mol. The summed E-state index contributed by atoms with van der Waals surface area (Å²) in [6.07, 6.45) is 0. The van der Waals surface area contributed by atoms with E-state index in [0.717, 1.165) is 11.1 Å². The Balaban J connectivity index is 2.01. The molecule has 0 bridgehead atoms. The number of rotatable bonds is 5. The summed E-state index contributed by atoms with van der Waals surface area (Å²) in [7, 11) is 0. The van der Waals surface area contributed by atoms with Gasteiger partial charge in [-0.05, 0) is 19.4 Å². The third-order valence-electron chi connectivity index (χ3n) is 3.37. The summed E-state index contributed by atoms with van der Waals surface area (Å²) in [6, 6.07) is 15.7. The van der Waals surface area contributed by atoms with Gasteiger partial charge in [0.2, 0.25) is 0 Å². The van der Waals surface area contributed by atoms with Gasteiger partial charge >= 0.3 is 0 Å². The highest BCUT2D eigenvalue weighted by Gasteiger charge is 2.31. The lowest BCUT2D eigenvalue weighted by molar-refractivity contribution is -0.00534. The number of hydrogen-bond donors (Lipinski definition) is 1. The molecule has 0 unspecified atom stereocenters. The first-order chi connectivity index (χ1) is 9.49. The maximum absolute atomic E-state index is 14.0. The Labute approximate surface area is 118 Å². The van der Waals surface area contributed by atoms with Crippen LogP contribution in [0, 0.1) is 6.92 Å². The fraction of sp³-hybridized carbons (Fsp3) is 0.294. The van der Waals surface area contributed by atoms with Crippen LogP contribution in [0.2, 0.25) is 0 Å². The Hall–Kier alpha value is -1.74. The van der Waals surface area contributed by atoms with Crippen molar-refractivity contribution < 1.29 is 8.78 Å². The van der Waals surface area contributed by atoms with Gasteiger partial charge in [-0.25, -0.2) is 0 Å². The van der Waals surface area contributed by atoms with Crippen molar-refractivity contribution in [3.05, 3.63) is 71.3 Å². The number of hydrogen-bond acceptors (Lipinski definition) is 1. The summed E-state index contributed by atoms with van der Waals surface area (Å²) >= 11 is 0. The zero-order valence-electron chi connectivity index (χ0n) is 11.7. The molecule has 2 aromatic carbocycles. The molecule has 1 N–H and O–H groups in total. The van der Waals surface area contributed by atoms with Gasteiger partial charge in [0.25, 0.3) is 5.92 Å². The molecule has 106 valence electrons. The van der Waals surface area contributed by atoms with Gasteiger partial charge in [-0.1, -0.05) is 60.2 Å². The SMILES string of the molecule is Cc1cccc([C@@H](C)NCC(F)(F)c2ccccc2)c1. The minimum absolute atomic E-state index is 0.0453. The summed E-state index contributed by atoms with van der Waals surface area (Å²) in [5.74, 6) is -2.86. The van der Waals surface area contributed by atoms with E-state index >= 15 is 0 Å². The number of aryl methyl sites for hydroxylation is 1. The van der Waals surface area contributed by atoms with E-state index in [9.17, 15) is 8.78 Å². The molecule has 0 aliphatic rings. The van der Waals surface area contributed by atoms with E-state index in [-0.39, 0.29) is 18.2 Å². The third-order valence-corrected chi connectivity index (χ3v) is 3.37. The Morgan fingerprint density at radius 2 is 1.75 bits per heavy atom. The summed E-state index contributed by atoms with van der Waals surface area (Å²) < 4.78 is 28.1. The minimum Gasteiger partial charge on any atom is -0.304 e. The van der Waals surface area contributed by atoms with Crippen molar-refractivity contribution in [2.24, 2.45) is 0 Å². The first-order valence-electron chi connectivity index (χ1n) is 6.72. The van der Waals surface area contributed by atoms with Gasteiger partial charge in [0.1, 0.15) is 0 Å². The Morgan fingerprint density at radius 1 is 1.05 bits per heavy atom. The highest BCUT2D eigenvalue weighted by molar-refractivity contribution is 5.25. The van der Waals surface area contributed by atoms with Crippen molar-refractivity contribution in [3.63, 3.8) is 0 Å². The van der Waals surface area contributed by atoms with Crippen LogP contribution in [0.4, 0.5) is 8.78 Å². The molecule has 1 atom stereocenters. The predicted octanol–water partition coefficient (Wildman–Crippen LogP) is 4.44. The van der Waals surface area contributed by atoms with E-state index in [2.05, 4.69) is 5.32 Å². The van der Waals surface area contributed by atoms with Gasteiger partial charge in [0.15, 0.2) is 0 Å². The Morgan fingerprint density at radius 3 is 2.40 bits per heavy atom. The second kappa shape index (κ2) is 6.14. The molecular formula is C17H19F2N. The van der Waals surface area contributed by atoms with E-state index in [1.807, 2.05) is 38.1 Å². The van der Waals surface area contributed by atoms with Crippen LogP contribution in [0.25, 0.3) is 0 Å². The van der Waals surface area contributed by atoms with Crippen molar-refractivity contribution in [1.29, 1.82) is 0 Å². The number of benzene rings is 2. The molecule has 0 fully saturated rings. The third kappa shape index (κ3) is 3.64. The average molecular weight is 275 g/mol. The lowest BCUT2D eigenvalue weighted by atomic mass is 10.0. The van der Waals surface area contributed by atoms with Crippen LogP contribution in [-0.4, -0.2) is 6.54 Å². The number of halogens is 2. The standard InChI is InChI=1S/C17H19F2N/c1-13-7-6-8-15(11-13)14(2)20-12-17(18,19)16-9-4-3-5-10-16/h3-11,14,20H,12H2,1-2H3/t14-/m1/s1. The molecule has 0 radical (unpaired) electrons. The van der Waals surface area contributed by atoms with E-state index in [1.165, 1.54) is 12.1 Å². The summed E-state index contributed by atoms with van der Waals surface area (Å²) in [6.45, 7) is 3.52. The van der Waals surface area contributed by atoms with Crippen molar-refractivity contribution in [3.8, 4) is 0 Å². The quantitative estimate of drug-likeness (QED) is 0.850. The zero-order chi connectivity index (χ0) is 14.6. The lowest BCUT2D eigenvalue weighted by Gasteiger charge is -2.21. The molecule has 20 heavy (non-hydrogen) atoms. The smallest absolute Gasteiger partial charge is 0.285 e. The highest BCUT2D eigenvalue weighted by Crippen LogP contribution is 2.27. The van der Waals surface area contributed by atoms with Crippen LogP contribution in [0.3, 0.4) is 0 Å². The van der Waals surface area contributed by atoms with E-state index in [1.54, 1.807) is 18.2 Å². The Bertz CT molecular complexity index is 552. The maximum atomic E-state index is 14.0. The largest absolute Gasteiger partial charge is 0.304 e. The molecule has 0 aliphatic carbocycles. The monoisotopic (exact) mass is 275 g/mol.